The van der Waals surface area contributed by atoms with Crippen LogP contribution >= 0.6 is 0 Å². The molecule has 0 aromatic rings. The van der Waals surface area contributed by atoms with Crippen molar-refractivity contribution in [2.45, 2.75) is 48.8 Å². The second-order valence-corrected chi connectivity index (χ2v) is 6.17. The second kappa shape index (κ2) is 13.9. The molecule has 0 amide bonds. The molecule has 0 aliphatic carbocycles. The Morgan fingerprint density at radius 3 is 1.09 bits per heavy atom. The van der Waals surface area contributed by atoms with Crippen molar-refractivity contribution < 1.29 is 79.7 Å². The molecule has 0 radical (unpaired) electrons. The van der Waals surface area contributed by atoms with Gasteiger partial charge in [0.05, 0.1) is 13.2 Å². The van der Waals surface area contributed by atoms with Crippen LogP contribution in [-0.2, 0) is 28.7 Å². The monoisotopic (exact) mass is 472 g/mol. The molecule has 0 saturated carbocycles. The molecule has 0 fully saturated rings. The van der Waals surface area contributed by atoms with Gasteiger partial charge in [0.2, 0.25) is 0 Å². The van der Waals surface area contributed by atoms with Crippen LogP contribution in [0.5, 0.6) is 0 Å². The summed E-state index contributed by atoms with van der Waals surface area (Å²) in [6, 6.07) is 0. The van der Waals surface area contributed by atoms with Gasteiger partial charge in [-0.1, -0.05) is 0 Å². The molecule has 0 aromatic carbocycles. The highest BCUT2D eigenvalue weighted by Crippen LogP contribution is 2.08. The molecule has 184 valence electrons. The van der Waals surface area contributed by atoms with Gasteiger partial charge in [0, 0.05) is 12.2 Å². The number of ether oxygens (including phenoxy) is 2. The Balaban J connectivity index is 4.77. The van der Waals surface area contributed by atoms with E-state index in [1.54, 1.807) is 0 Å². The third kappa shape index (κ3) is 9.01. The van der Waals surface area contributed by atoms with Crippen LogP contribution in [0.2, 0.25) is 0 Å². The minimum absolute atomic E-state index is 0.207. The minimum Gasteiger partial charge on any atom is -0.394 e. The maximum Gasteiger partial charge on any atom is 0.345 e. The first-order valence-corrected chi connectivity index (χ1v) is 8.64. The first-order chi connectivity index (χ1) is 14.8. The zero-order valence-electron chi connectivity index (χ0n) is 16.1. The standard InChI is InChI=1S/C16H24O16/c17-3-5(19)9(23)11(25)13(27)15(29)31-7(21)1-2-8(22)32-16(30)14(28)12(26)10(24)6(20)4-18/h1-2,5-6,9-14,17-20,23-28H,3-4H2/b2-1-/t5-,6-,9-,10-,11+,12+,13-,14-/m1/s1. The van der Waals surface area contributed by atoms with Crippen molar-refractivity contribution in [3.63, 3.8) is 0 Å². The van der Waals surface area contributed by atoms with Gasteiger partial charge in [0.25, 0.3) is 0 Å². The Kier molecular flexibility index (Phi) is 12.9. The van der Waals surface area contributed by atoms with E-state index in [2.05, 4.69) is 9.47 Å². The lowest BCUT2D eigenvalue weighted by Crippen LogP contribution is -2.49. The van der Waals surface area contributed by atoms with Crippen molar-refractivity contribution in [2.75, 3.05) is 13.2 Å². The quantitative estimate of drug-likeness (QED) is 0.0716. The molecule has 32 heavy (non-hydrogen) atoms. The predicted octanol–water partition coefficient (Wildman–Crippen LogP) is -7.45. The molecule has 0 bridgehead atoms. The Hall–Kier alpha value is -2.38. The molecule has 0 saturated heterocycles. The van der Waals surface area contributed by atoms with Gasteiger partial charge < -0.3 is 60.5 Å². The average molecular weight is 472 g/mol. The topological polar surface area (TPSA) is 289 Å². The van der Waals surface area contributed by atoms with Crippen molar-refractivity contribution in [1.82, 2.24) is 0 Å². The summed E-state index contributed by atoms with van der Waals surface area (Å²) in [5.74, 6) is -6.92. The predicted molar refractivity (Wildman–Crippen MR) is 93.6 cm³/mol. The third-order valence-corrected chi connectivity index (χ3v) is 3.75. The van der Waals surface area contributed by atoms with Gasteiger partial charge in [-0.05, 0) is 0 Å². The summed E-state index contributed by atoms with van der Waals surface area (Å²) >= 11 is 0. The lowest BCUT2D eigenvalue weighted by atomic mass is 10.0. The number of aliphatic hydroxyl groups is 10. The molecule has 0 unspecified atom stereocenters. The van der Waals surface area contributed by atoms with Gasteiger partial charge >= 0.3 is 23.9 Å². The molecule has 0 aromatic heterocycles. The number of esters is 4. The molecule has 0 rings (SSSR count). The summed E-state index contributed by atoms with van der Waals surface area (Å²) in [4.78, 5) is 45.9. The van der Waals surface area contributed by atoms with Gasteiger partial charge in [-0.25, -0.2) is 19.2 Å². The van der Waals surface area contributed by atoms with Crippen LogP contribution in [0.15, 0.2) is 12.2 Å². The summed E-state index contributed by atoms with van der Waals surface area (Å²) in [6.07, 6.45) is -17.6. The fourth-order valence-corrected chi connectivity index (χ4v) is 1.85. The number of hydrogen-bond acceptors (Lipinski definition) is 16. The number of carbonyl (C=O) groups excluding carboxylic acids is 4. The van der Waals surface area contributed by atoms with Gasteiger partial charge in [-0.2, -0.15) is 0 Å². The first-order valence-electron chi connectivity index (χ1n) is 8.64. The Morgan fingerprint density at radius 2 is 0.844 bits per heavy atom. The smallest absolute Gasteiger partial charge is 0.345 e. The average Bonchev–Trinajstić information content (AvgIpc) is 2.78. The first kappa shape index (κ1) is 29.6. The van der Waals surface area contributed by atoms with Crippen molar-refractivity contribution in [1.29, 1.82) is 0 Å². The highest BCUT2D eigenvalue weighted by molar-refractivity contribution is 6.00. The van der Waals surface area contributed by atoms with E-state index in [9.17, 15) is 49.8 Å². The molecule has 0 aliphatic heterocycles. The van der Waals surface area contributed by atoms with Crippen molar-refractivity contribution in [3.8, 4) is 0 Å². The summed E-state index contributed by atoms with van der Waals surface area (Å²) in [5, 5.41) is 92.1. The van der Waals surface area contributed by atoms with E-state index in [1.165, 1.54) is 0 Å². The van der Waals surface area contributed by atoms with Crippen molar-refractivity contribution in [2.24, 2.45) is 0 Å². The normalized spacial score (nSPS) is 19.2. The molecule has 0 aliphatic rings. The summed E-state index contributed by atoms with van der Waals surface area (Å²) in [7, 11) is 0. The highest BCUT2D eigenvalue weighted by Gasteiger charge is 2.37. The van der Waals surface area contributed by atoms with Gasteiger partial charge in [0.15, 0.2) is 12.2 Å². The van der Waals surface area contributed by atoms with E-state index >= 15 is 0 Å². The van der Waals surface area contributed by atoms with Crippen LogP contribution in [-0.4, -0.2) is 137 Å². The summed E-state index contributed by atoms with van der Waals surface area (Å²) in [5.41, 5.74) is 0. The number of hydrogen-bond donors (Lipinski definition) is 10. The fraction of sp³-hybridized carbons (Fsp3) is 0.625. The second-order valence-electron chi connectivity index (χ2n) is 6.17. The van der Waals surface area contributed by atoms with Crippen LogP contribution in [0.25, 0.3) is 0 Å². The van der Waals surface area contributed by atoms with Gasteiger partial charge in [-0.3, -0.25) is 0 Å². The molecular weight excluding hydrogens is 448 g/mol. The van der Waals surface area contributed by atoms with Crippen LogP contribution < -0.4 is 0 Å². The zero-order valence-corrected chi connectivity index (χ0v) is 16.1. The largest absolute Gasteiger partial charge is 0.394 e. The van der Waals surface area contributed by atoms with E-state index < -0.39 is 85.9 Å². The lowest BCUT2D eigenvalue weighted by Gasteiger charge is -2.24. The van der Waals surface area contributed by atoms with E-state index in [4.69, 9.17) is 20.4 Å². The fourth-order valence-electron chi connectivity index (χ4n) is 1.85. The minimum atomic E-state index is -2.55. The maximum absolute atomic E-state index is 11.5. The van der Waals surface area contributed by atoms with Crippen LogP contribution in [0.4, 0.5) is 0 Å². The molecule has 8 atom stereocenters. The van der Waals surface area contributed by atoms with E-state index in [-0.39, 0.29) is 12.2 Å². The zero-order chi connectivity index (χ0) is 25.2. The Morgan fingerprint density at radius 1 is 0.562 bits per heavy atom. The summed E-state index contributed by atoms with van der Waals surface area (Å²) < 4.78 is 8.02. The van der Waals surface area contributed by atoms with E-state index in [0.29, 0.717) is 0 Å². The van der Waals surface area contributed by atoms with Crippen molar-refractivity contribution in [3.05, 3.63) is 12.2 Å². The van der Waals surface area contributed by atoms with E-state index in [0.717, 1.165) is 0 Å². The summed E-state index contributed by atoms with van der Waals surface area (Å²) in [6.45, 7) is -2.07. The van der Waals surface area contributed by atoms with Gasteiger partial charge in [0.1, 0.15) is 36.6 Å². The van der Waals surface area contributed by atoms with Gasteiger partial charge in [-0.15, -0.1) is 0 Å². The molecule has 16 heteroatoms. The Bertz CT molecular complexity index is 621. The number of carbonyl (C=O) groups is 4. The van der Waals surface area contributed by atoms with Crippen LogP contribution in [0, 0.1) is 0 Å². The van der Waals surface area contributed by atoms with Crippen LogP contribution in [0.1, 0.15) is 0 Å². The molecule has 16 nitrogen and oxygen atoms in total. The molecule has 0 spiro atoms. The molecular formula is C16H24O16. The lowest BCUT2D eigenvalue weighted by molar-refractivity contribution is -0.176. The number of aliphatic hydroxyl groups excluding tert-OH is 10. The molecule has 10 N–H and O–H groups in total. The highest BCUT2D eigenvalue weighted by atomic mass is 16.6. The third-order valence-electron chi connectivity index (χ3n) is 3.75. The number of rotatable bonds is 12. The van der Waals surface area contributed by atoms with Crippen LogP contribution in [0.3, 0.4) is 0 Å². The Labute approximate surface area is 178 Å². The maximum atomic E-state index is 11.5. The SMILES string of the molecule is O=C(/C=C\C(=O)OC(=O)[C@H](O)[C@@H](O)[C@H](O)[C@H](O)CO)OC(=O)[C@H](O)[C@@H](O)[C@H](O)[C@H](O)CO. The van der Waals surface area contributed by atoms with E-state index in [1.807, 2.05) is 0 Å². The van der Waals surface area contributed by atoms with Crippen molar-refractivity contribution >= 4 is 23.9 Å². The molecule has 0 heterocycles.